The molecular formula is C20H15F2N5O2. The highest BCUT2D eigenvalue weighted by Crippen LogP contribution is 2.26. The summed E-state index contributed by atoms with van der Waals surface area (Å²) in [7, 11) is 0. The van der Waals surface area contributed by atoms with E-state index in [9.17, 15) is 18.4 Å². The fourth-order valence-electron chi connectivity index (χ4n) is 3.02. The van der Waals surface area contributed by atoms with E-state index in [-0.39, 0.29) is 12.1 Å². The van der Waals surface area contributed by atoms with E-state index >= 15 is 0 Å². The first-order valence-corrected chi connectivity index (χ1v) is 8.67. The molecule has 7 nitrogen and oxygen atoms in total. The van der Waals surface area contributed by atoms with Crippen molar-refractivity contribution in [2.24, 2.45) is 0 Å². The molecule has 3 aromatic heterocycles. The number of aromatic amines is 2. The van der Waals surface area contributed by atoms with Crippen LogP contribution in [-0.2, 0) is 6.54 Å². The maximum Gasteiger partial charge on any atom is 0.325 e. The van der Waals surface area contributed by atoms with E-state index in [1.165, 1.54) is 18.3 Å². The van der Waals surface area contributed by atoms with Gasteiger partial charge in [-0.15, -0.1) is 5.10 Å². The molecule has 29 heavy (non-hydrogen) atoms. The molecule has 4 rings (SSSR count). The normalized spacial score (nSPS) is 11.0. The van der Waals surface area contributed by atoms with Crippen LogP contribution < -0.4 is 11.2 Å². The summed E-state index contributed by atoms with van der Waals surface area (Å²) in [5.74, 6) is -1.23. The summed E-state index contributed by atoms with van der Waals surface area (Å²) in [5, 5.41) is 8.14. The number of nitrogens with one attached hydrogen (secondary N) is 2. The molecule has 9 heteroatoms. The first kappa shape index (κ1) is 18.5. The van der Waals surface area contributed by atoms with E-state index in [1.807, 2.05) is 6.07 Å². The molecule has 0 atom stereocenters. The monoisotopic (exact) mass is 395 g/mol. The third kappa shape index (κ3) is 3.75. The molecule has 146 valence electrons. The molecule has 0 fully saturated rings. The topological polar surface area (TPSA) is 96.4 Å². The number of aryl methyl sites for hydroxylation is 1. The maximum atomic E-state index is 13.9. The Labute approximate surface area is 162 Å². The van der Waals surface area contributed by atoms with Gasteiger partial charge in [-0.2, -0.15) is 5.10 Å². The van der Waals surface area contributed by atoms with E-state index < -0.39 is 22.9 Å². The Balaban J connectivity index is 1.68. The zero-order valence-corrected chi connectivity index (χ0v) is 15.2. The van der Waals surface area contributed by atoms with Crippen LogP contribution in [0.3, 0.4) is 0 Å². The molecule has 4 aromatic rings. The van der Waals surface area contributed by atoms with Gasteiger partial charge in [0.25, 0.3) is 5.56 Å². The maximum absolute atomic E-state index is 13.9. The predicted octanol–water partition coefficient (Wildman–Crippen LogP) is 2.62. The van der Waals surface area contributed by atoms with E-state index in [2.05, 4.69) is 20.2 Å². The lowest BCUT2D eigenvalue weighted by atomic mass is 10.1. The van der Waals surface area contributed by atoms with Crippen LogP contribution >= 0.6 is 0 Å². The van der Waals surface area contributed by atoms with Crippen molar-refractivity contribution in [1.29, 1.82) is 0 Å². The van der Waals surface area contributed by atoms with Crippen molar-refractivity contribution in [3.63, 3.8) is 0 Å². The molecule has 0 radical (unpaired) electrons. The van der Waals surface area contributed by atoms with Crippen LogP contribution in [0.4, 0.5) is 8.78 Å². The summed E-state index contributed by atoms with van der Waals surface area (Å²) < 4.78 is 28.8. The van der Waals surface area contributed by atoms with Gasteiger partial charge in [-0.1, -0.05) is 6.07 Å². The highest BCUT2D eigenvalue weighted by molar-refractivity contribution is 5.70. The second-order valence-corrected chi connectivity index (χ2v) is 6.52. The summed E-state index contributed by atoms with van der Waals surface area (Å²) >= 11 is 0. The van der Waals surface area contributed by atoms with Crippen molar-refractivity contribution in [2.45, 2.75) is 13.5 Å². The molecule has 0 unspecified atom stereocenters. The molecule has 0 aliphatic heterocycles. The van der Waals surface area contributed by atoms with Gasteiger partial charge in [-0.25, -0.2) is 13.6 Å². The average Bonchev–Trinajstić information content (AvgIpc) is 3.13. The van der Waals surface area contributed by atoms with Gasteiger partial charge >= 0.3 is 5.69 Å². The second kappa shape index (κ2) is 7.27. The Morgan fingerprint density at radius 1 is 1.07 bits per heavy atom. The molecular weight excluding hydrogens is 380 g/mol. The summed E-state index contributed by atoms with van der Waals surface area (Å²) in [4.78, 5) is 27.8. The Bertz CT molecular complexity index is 1320. The quantitative estimate of drug-likeness (QED) is 0.555. The second-order valence-electron chi connectivity index (χ2n) is 6.52. The van der Waals surface area contributed by atoms with Gasteiger partial charge in [0.15, 0.2) is 0 Å². The number of benzene rings is 1. The SMILES string of the molecule is Cc1nnc(-c2c[nH]c(=O)[nH]c2=O)cc1-c1ccn(Cc2ccc(F)cc2F)c1. The van der Waals surface area contributed by atoms with E-state index in [1.54, 1.807) is 30.0 Å². The average molecular weight is 395 g/mol. The van der Waals surface area contributed by atoms with Gasteiger partial charge in [0, 0.05) is 47.9 Å². The molecule has 0 amide bonds. The molecule has 0 spiro atoms. The lowest BCUT2D eigenvalue weighted by Gasteiger charge is -2.06. The van der Waals surface area contributed by atoms with Crippen molar-refractivity contribution in [3.05, 3.63) is 92.7 Å². The zero-order valence-electron chi connectivity index (χ0n) is 15.2. The number of H-pyrrole nitrogens is 2. The molecule has 0 aliphatic carbocycles. The van der Waals surface area contributed by atoms with Crippen molar-refractivity contribution >= 4 is 0 Å². The lowest BCUT2D eigenvalue weighted by molar-refractivity contribution is 0.566. The molecule has 0 aliphatic rings. The van der Waals surface area contributed by atoms with Gasteiger partial charge in [0.1, 0.15) is 17.3 Å². The van der Waals surface area contributed by atoms with Gasteiger partial charge in [-0.05, 0) is 25.1 Å². The smallest absolute Gasteiger partial charge is 0.325 e. The van der Waals surface area contributed by atoms with Crippen LogP contribution in [0.2, 0.25) is 0 Å². The molecule has 0 saturated heterocycles. The number of aromatic nitrogens is 5. The highest BCUT2D eigenvalue weighted by atomic mass is 19.1. The van der Waals surface area contributed by atoms with Crippen molar-refractivity contribution in [2.75, 3.05) is 0 Å². The molecule has 3 heterocycles. The van der Waals surface area contributed by atoms with Crippen molar-refractivity contribution in [1.82, 2.24) is 24.7 Å². The van der Waals surface area contributed by atoms with Gasteiger partial charge in [0.05, 0.1) is 11.3 Å². The minimum Gasteiger partial charge on any atom is -0.349 e. The van der Waals surface area contributed by atoms with E-state index in [0.29, 0.717) is 17.0 Å². The largest absolute Gasteiger partial charge is 0.349 e. The van der Waals surface area contributed by atoms with Crippen molar-refractivity contribution < 1.29 is 8.78 Å². The number of hydrogen-bond acceptors (Lipinski definition) is 4. The van der Waals surface area contributed by atoms with Crippen LogP contribution in [0.5, 0.6) is 0 Å². The standard InChI is InChI=1S/C20H15F2N5O2/c1-11-15(7-18(26-25-11)16-8-23-20(29)24-19(16)28)12-4-5-27(9-12)10-13-2-3-14(21)6-17(13)22/h2-9H,10H2,1H3,(H2,23,24,28,29). The predicted molar refractivity (Wildman–Crippen MR) is 102 cm³/mol. The number of halogens is 2. The molecule has 0 saturated carbocycles. The fraction of sp³-hybridized carbons (Fsp3) is 0.100. The molecule has 2 N–H and O–H groups in total. The Morgan fingerprint density at radius 2 is 1.90 bits per heavy atom. The van der Waals surface area contributed by atoms with Gasteiger partial charge in [-0.3, -0.25) is 9.78 Å². The summed E-state index contributed by atoms with van der Waals surface area (Å²) in [5.41, 5.74) is 1.85. The van der Waals surface area contributed by atoms with Crippen LogP contribution in [0.15, 0.2) is 58.5 Å². The fourth-order valence-corrected chi connectivity index (χ4v) is 3.02. The minimum absolute atomic E-state index is 0.186. The Hall–Kier alpha value is -3.88. The van der Waals surface area contributed by atoms with Crippen molar-refractivity contribution in [3.8, 4) is 22.4 Å². The zero-order chi connectivity index (χ0) is 20.5. The number of rotatable bonds is 4. The van der Waals surface area contributed by atoms with Crippen LogP contribution in [-0.4, -0.2) is 24.7 Å². The van der Waals surface area contributed by atoms with E-state index in [0.717, 1.165) is 17.2 Å². The third-order valence-corrected chi connectivity index (χ3v) is 4.50. The summed E-state index contributed by atoms with van der Waals surface area (Å²) in [6.07, 6.45) is 4.85. The minimum atomic E-state index is -0.622. The van der Waals surface area contributed by atoms with Crippen LogP contribution in [0.25, 0.3) is 22.4 Å². The number of hydrogen-bond donors (Lipinski definition) is 2. The van der Waals surface area contributed by atoms with Gasteiger partial charge < -0.3 is 9.55 Å². The first-order chi connectivity index (χ1) is 13.9. The van der Waals surface area contributed by atoms with Crippen LogP contribution in [0.1, 0.15) is 11.3 Å². The summed E-state index contributed by atoms with van der Waals surface area (Å²) in [6, 6.07) is 7.00. The molecule has 0 bridgehead atoms. The Kier molecular flexibility index (Phi) is 4.63. The summed E-state index contributed by atoms with van der Waals surface area (Å²) in [6.45, 7) is 2.01. The molecule has 1 aromatic carbocycles. The lowest BCUT2D eigenvalue weighted by Crippen LogP contribution is -2.22. The Morgan fingerprint density at radius 3 is 2.66 bits per heavy atom. The highest BCUT2D eigenvalue weighted by Gasteiger charge is 2.12. The van der Waals surface area contributed by atoms with Gasteiger partial charge in [0.2, 0.25) is 0 Å². The first-order valence-electron chi connectivity index (χ1n) is 8.67. The van der Waals surface area contributed by atoms with Crippen LogP contribution in [0, 0.1) is 18.6 Å². The number of nitrogens with zero attached hydrogens (tertiary/aromatic N) is 3. The third-order valence-electron chi connectivity index (χ3n) is 4.50. The van der Waals surface area contributed by atoms with E-state index in [4.69, 9.17) is 0 Å².